The van der Waals surface area contributed by atoms with Crippen LogP contribution in [0.5, 0.6) is 0 Å². The van der Waals surface area contributed by atoms with Crippen LogP contribution in [0.3, 0.4) is 0 Å². The van der Waals surface area contributed by atoms with Crippen LogP contribution in [-0.4, -0.2) is 9.97 Å². The standard InChI is InChI=1S/C11H11N3/c1-8-3-2-4-9(5-8)11-13-6-10(12)7-14-11/h2-7H,12H2,1H3. The molecule has 0 fully saturated rings. The number of rotatable bonds is 1. The second-order valence-electron chi connectivity index (χ2n) is 3.21. The van der Waals surface area contributed by atoms with E-state index in [0.717, 1.165) is 5.56 Å². The summed E-state index contributed by atoms with van der Waals surface area (Å²) in [6.07, 6.45) is 3.23. The quantitative estimate of drug-likeness (QED) is 0.739. The molecule has 3 heteroatoms. The molecule has 3 nitrogen and oxygen atoms in total. The maximum atomic E-state index is 5.51. The number of aromatic nitrogens is 2. The van der Waals surface area contributed by atoms with Crippen LogP contribution < -0.4 is 5.73 Å². The predicted molar refractivity (Wildman–Crippen MR) is 56.6 cm³/mol. The molecule has 0 aliphatic carbocycles. The molecule has 0 saturated carbocycles. The first-order valence-corrected chi connectivity index (χ1v) is 4.40. The molecule has 1 aromatic carbocycles. The Balaban J connectivity index is 2.44. The molecule has 0 unspecified atom stereocenters. The molecule has 2 aromatic rings. The highest BCUT2D eigenvalue weighted by molar-refractivity contribution is 5.56. The van der Waals surface area contributed by atoms with Gasteiger partial charge in [-0.25, -0.2) is 9.97 Å². The monoisotopic (exact) mass is 185 g/mol. The molecule has 2 rings (SSSR count). The van der Waals surface area contributed by atoms with Crippen molar-refractivity contribution in [3.05, 3.63) is 42.2 Å². The average Bonchev–Trinajstić information content (AvgIpc) is 2.19. The second kappa shape index (κ2) is 3.46. The smallest absolute Gasteiger partial charge is 0.159 e. The fraction of sp³-hybridized carbons (Fsp3) is 0.0909. The van der Waals surface area contributed by atoms with Crippen LogP contribution in [0.4, 0.5) is 5.69 Å². The minimum Gasteiger partial charge on any atom is -0.396 e. The number of hydrogen-bond acceptors (Lipinski definition) is 3. The molecule has 0 spiro atoms. The van der Waals surface area contributed by atoms with Crippen molar-refractivity contribution in [2.45, 2.75) is 6.92 Å². The molecule has 0 bridgehead atoms. The average molecular weight is 185 g/mol. The second-order valence-corrected chi connectivity index (χ2v) is 3.21. The van der Waals surface area contributed by atoms with Crippen LogP contribution in [0.15, 0.2) is 36.7 Å². The Hall–Kier alpha value is -1.90. The van der Waals surface area contributed by atoms with E-state index in [4.69, 9.17) is 5.73 Å². The van der Waals surface area contributed by atoms with E-state index in [0.29, 0.717) is 11.5 Å². The summed E-state index contributed by atoms with van der Waals surface area (Å²) in [5, 5.41) is 0. The minimum absolute atomic E-state index is 0.585. The molecular weight excluding hydrogens is 174 g/mol. The molecule has 70 valence electrons. The largest absolute Gasteiger partial charge is 0.396 e. The van der Waals surface area contributed by atoms with Crippen molar-refractivity contribution in [2.75, 3.05) is 5.73 Å². The molecule has 0 saturated heterocycles. The molecule has 0 aliphatic heterocycles. The van der Waals surface area contributed by atoms with Crippen LogP contribution in [-0.2, 0) is 0 Å². The summed E-state index contributed by atoms with van der Waals surface area (Å²) in [5.74, 6) is 0.711. The third-order valence-corrected chi connectivity index (χ3v) is 1.95. The van der Waals surface area contributed by atoms with E-state index in [-0.39, 0.29) is 0 Å². The van der Waals surface area contributed by atoms with Crippen molar-refractivity contribution in [2.24, 2.45) is 0 Å². The topological polar surface area (TPSA) is 51.8 Å². The Morgan fingerprint density at radius 3 is 2.50 bits per heavy atom. The highest BCUT2D eigenvalue weighted by atomic mass is 14.9. The molecule has 0 radical (unpaired) electrons. The Bertz CT molecular complexity index is 435. The summed E-state index contributed by atoms with van der Waals surface area (Å²) in [5.41, 5.74) is 8.31. The van der Waals surface area contributed by atoms with Gasteiger partial charge in [-0.3, -0.25) is 0 Å². The third kappa shape index (κ3) is 1.71. The van der Waals surface area contributed by atoms with E-state index >= 15 is 0 Å². The van der Waals surface area contributed by atoms with E-state index in [1.807, 2.05) is 31.2 Å². The van der Waals surface area contributed by atoms with Crippen molar-refractivity contribution in [1.82, 2.24) is 9.97 Å². The lowest BCUT2D eigenvalue weighted by atomic mass is 10.1. The molecule has 0 atom stereocenters. The highest BCUT2D eigenvalue weighted by Gasteiger charge is 1.99. The summed E-state index contributed by atoms with van der Waals surface area (Å²) in [7, 11) is 0. The lowest BCUT2D eigenvalue weighted by Gasteiger charge is -2.00. The predicted octanol–water partition coefficient (Wildman–Crippen LogP) is 2.03. The van der Waals surface area contributed by atoms with Gasteiger partial charge < -0.3 is 5.73 Å². The number of anilines is 1. The van der Waals surface area contributed by atoms with Crippen LogP contribution in [0.25, 0.3) is 11.4 Å². The SMILES string of the molecule is Cc1cccc(-c2ncc(N)cn2)c1. The molecule has 0 aliphatic rings. The molecule has 0 amide bonds. The number of hydrogen-bond donors (Lipinski definition) is 1. The van der Waals surface area contributed by atoms with Gasteiger partial charge in [-0.2, -0.15) is 0 Å². The summed E-state index contributed by atoms with van der Waals surface area (Å²) in [6.45, 7) is 2.04. The zero-order valence-corrected chi connectivity index (χ0v) is 7.94. The molecule has 2 N–H and O–H groups in total. The molecular formula is C11H11N3. The molecule has 14 heavy (non-hydrogen) atoms. The van der Waals surface area contributed by atoms with Gasteiger partial charge in [-0.05, 0) is 13.0 Å². The Kier molecular flexibility index (Phi) is 2.14. The van der Waals surface area contributed by atoms with Crippen LogP contribution in [0.1, 0.15) is 5.56 Å². The highest BCUT2D eigenvalue weighted by Crippen LogP contribution is 2.15. The van der Waals surface area contributed by atoms with Gasteiger partial charge >= 0.3 is 0 Å². The molecule has 1 aromatic heterocycles. The van der Waals surface area contributed by atoms with Gasteiger partial charge in [0.25, 0.3) is 0 Å². The van der Waals surface area contributed by atoms with Gasteiger partial charge in [0.05, 0.1) is 18.1 Å². The van der Waals surface area contributed by atoms with Crippen molar-refractivity contribution < 1.29 is 0 Å². The van der Waals surface area contributed by atoms with Crippen LogP contribution >= 0.6 is 0 Å². The zero-order chi connectivity index (χ0) is 9.97. The fourth-order valence-electron chi connectivity index (χ4n) is 1.27. The normalized spacial score (nSPS) is 10.1. The first-order valence-electron chi connectivity index (χ1n) is 4.40. The summed E-state index contributed by atoms with van der Waals surface area (Å²) >= 11 is 0. The maximum Gasteiger partial charge on any atom is 0.159 e. The zero-order valence-electron chi connectivity index (χ0n) is 7.94. The van der Waals surface area contributed by atoms with Gasteiger partial charge in [0.1, 0.15) is 0 Å². The van der Waals surface area contributed by atoms with E-state index < -0.39 is 0 Å². The first-order chi connectivity index (χ1) is 6.75. The van der Waals surface area contributed by atoms with Crippen molar-refractivity contribution >= 4 is 5.69 Å². The maximum absolute atomic E-state index is 5.51. The minimum atomic E-state index is 0.585. The molecule has 1 heterocycles. The first kappa shape index (κ1) is 8.69. The summed E-state index contributed by atoms with van der Waals surface area (Å²) in [6, 6.07) is 8.06. The third-order valence-electron chi connectivity index (χ3n) is 1.95. The number of nitrogen functional groups attached to an aromatic ring is 1. The Labute approximate surface area is 82.6 Å². The lowest BCUT2D eigenvalue weighted by molar-refractivity contribution is 1.18. The van der Waals surface area contributed by atoms with Crippen molar-refractivity contribution in [3.63, 3.8) is 0 Å². The lowest BCUT2D eigenvalue weighted by Crippen LogP contribution is -1.92. The van der Waals surface area contributed by atoms with E-state index in [1.54, 1.807) is 12.4 Å². The van der Waals surface area contributed by atoms with E-state index in [2.05, 4.69) is 9.97 Å². The van der Waals surface area contributed by atoms with Gasteiger partial charge in [0.2, 0.25) is 0 Å². The van der Waals surface area contributed by atoms with E-state index in [1.165, 1.54) is 5.56 Å². The summed E-state index contributed by atoms with van der Waals surface area (Å²) < 4.78 is 0. The van der Waals surface area contributed by atoms with Gasteiger partial charge in [-0.15, -0.1) is 0 Å². The number of nitrogens with two attached hydrogens (primary N) is 1. The van der Waals surface area contributed by atoms with Crippen molar-refractivity contribution in [3.8, 4) is 11.4 Å². The van der Waals surface area contributed by atoms with Gasteiger partial charge in [-0.1, -0.05) is 23.8 Å². The van der Waals surface area contributed by atoms with Crippen LogP contribution in [0.2, 0.25) is 0 Å². The Morgan fingerprint density at radius 2 is 1.86 bits per heavy atom. The van der Waals surface area contributed by atoms with Crippen molar-refractivity contribution in [1.29, 1.82) is 0 Å². The number of nitrogens with zero attached hydrogens (tertiary/aromatic N) is 2. The van der Waals surface area contributed by atoms with Crippen LogP contribution in [0, 0.1) is 6.92 Å². The van der Waals surface area contributed by atoms with Gasteiger partial charge in [0.15, 0.2) is 5.82 Å². The number of aryl methyl sites for hydroxylation is 1. The number of benzene rings is 1. The van der Waals surface area contributed by atoms with E-state index in [9.17, 15) is 0 Å². The fourth-order valence-corrected chi connectivity index (χ4v) is 1.27. The Morgan fingerprint density at radius 1 is 1.14 bits per heavy atom. The van der Waals surface area contributed by atoms with Gasteiger partial charge in [0, 0.05) is 5.56 Å². The summed E-state index contributed by atoms with van der Waals surface area (Å²) in [4.78, 5) is 8.31.